The van der Waals surface area contributed by atoms with Crippen molar-refractivity contribution >= 4 is 28.6 Å². The third-order valence-corrected chi connectivity index (χ3v) is 7.42. The number of unbranched alkanes of at least 4 members (excludes halogenated alkanes) is 2. The lowest BCUT2D eigenvalue weighted by molar-refractivity contribution is -0.130. The van der Waals surface area contributed by atoms with E-state index in [4.69, 9.17) is 9.57 Å². The third-order valence-electron chi connectivity index (χ3n) is 7.42. The van der Waals surface area contributed by atoms with E-state index in [0.717, 1.165) is 60.3 Å². The number of hydrogen-bond donors (Lipinski definition) is 2. The smallest absolute Gasteiger partial charge is 0.362 e. The molecular weight excluding hydrogens is 560 g/mol. The summed E-state index contributed by atoms with van der Waals surface area (Å²) in [6.07, 6.45) is 4.40. The Labute approximate surface area is 257 Å². The Morgan fingerprint density at radius 1 is 0.886 bits per heavy atom. The monoisotopic (exact) mass is 600 g/mol. The fourth-order valence-electron chi connectivity index (χ4n) is 4.73. The molecular formula is C33H40N6O5. The first-order chi connectivity index (χ1) is 21.4. The molecule has 0 spiro atoms. The van der Waals surface area contributed by atoms with Crippen LogP contribution in [0.5, 0.6) is 5.75 Å². The van der Waals surface area contributed by atoms with Gasteiger partial charge in [0.1, 0.15) is 11.4 Å². The highest BCUT2D eigenvalue weighted by Gasteiger charge is 2.12. The zero-order chi connectivity index (χ0) is 31.3. The van der Waals surface area contributed by atoms with Crippen molar-refractivity contribution in [1.82, 2.24) is 30.7 Å². The fourth-order valence-corrected chi connectivity index (χ4v) is 4.73. The topological polar surface area (TPSA) is 128 Å². The summed E-state index contributed by atoms with van der Waals surface area (Å²) in [5.41, 5.74) is 4.68. The molecule has 0 bridgehead atoms. The number of benzene rings is 3. The van der Waals surface area contributed by atoms with Crippen LogP contribution in [0.1, 0.15) is 60.2 Å². The van der Waals surface area contributed by atoms with Gasteiger partial charge in [-0.2, -0.15) is 5.48 Å². The van der Waals surface area contributed by atoms with Gasteiger partial charge in [0, 0.05) is 37.2 Å². The molecule has 0 aliphatic heterocycles. The largest absolute Gasteiger partial charge is 0.497 e. The molecule has 0 unspecified atom stereocenters. The van der Waals surface area contributed by atoms with E-state index in [1.807, 2.05) is 36.5 Å². The number of nitrogens with one attached hydrogen (secondary N) is 2. The van der Waals surface area contributed by atoms with E-state index in [9.17, 15) is 14.4 Å². The van der Waals surface area contributed by atoms with Crippen LogP contribution >= 0.6 is 0 Å². The Balaban J connectivity index is 1.12. The number of nitrogens with zero attached hydrogens (tertiary/aromatic N) is 4. The molecule has 0 radical (unpaired) electrons. The highest BCUT2D eigenvalue weighted by Crippen LogP contribution is 2.26. The number of amides is 2. The van der Waals surface area contributed by atoms with Crippen LogP contribution in [0.25, 0.3) is 22.0 Å². The van der Waals surface area contributed by atoms with Gasteiger partial charge >= 0.3 is 5.97 Å². The maximum absolute atomic E-state index is 12.3. The molecule has 0 aliphatic carbocycles. The lowest BCUT2D eigenvalue weighted by Crippen LogP contribution is -2.34. The lowest BCUT2D eigenvalue weighted by Gasteiger charge is -2.17. The lowest BCUT2D eigenvalue weighted by atomic mass is 10.1. The average Bonchev–Trinajstić information content (AvgIpc) is 3.54. The van der Waals surface area contributed by atoms with Gasteiger partial charge < -0.3 is 19.8 Å². The van der Waals surface area contributed by atoms with E-state index in [1.54, 1.807) is 23.9 Å². The van der Waals surface area contributed by atoms with Gasteiger partial charge in [-0.1, -0.05) is 43.7 Å². The summed E-state index contributed by atoms with van der Waals surface area (Å²) < 4.78 is 7.10. The number of likely N-dealkylation sites (N-methyl/N-ethyl adjacent to an activating group) is 1. The average molecular weight is 601 g/mol. The van der Waals surface area contributed by atoms with Crippen molar-refractivity contribution in [1.29, 1.82) is 0 Å². The van der Waals surface area contributed by atoms with Crippen LogP contribution in [-0.4, -0.2) is 71.0 Å². The molecule has 4 aromatic rings. The number of methoxy groups -OCH3 is 1. The number of fused-ring (bicyclic) bond motifs is 1. The van der Waals surface area contributed by atoms with Gasteiger partial charge in [-0.25, -0.2) is 4.79 Å². The Kier molecular flexibility index (Phi) is 11.8. The minimum absolute atomic E-state index is 0.207. The molecule has 1 heterocycles. The molecule has 0 aliphatic rings. The zero-order valence-electron chi connectivity index (χ0n) is 25.5. The second kappa shape index (κ2) is 16.2. The Morgan fingerprint density at radius 2 is 1.61 bits per heavy atom. The van der Waals surface area contributed by atoms with E-state index in [1.165, 1.54) is 12.1 Å². The maximum Gasteiger partial charge on any atom is 0.362 e. The molecule has 232 valence electrons. The minimum Gasteiger partial charge on any atom is -0.497 e. The number of rotatable bonds is 15. The number of hydroxylamine groups is 1. The summed E-state index contributed by atoms with van der Waals surface area (Å²) in [5, 5.41) is 13.6. The second-order valence-electron chi connectivity index (χ2n) is 10.4. The number of carbonyl (C=O) groups excluding carboxylic acids is 3. The zero-order valence-corrected chi connectivity index (χ0v) is 25.5. The Hall–Kier alpha value is -4.77. The number of aryl methyl sites for hydroxylation is 1. The van der Waals surface area contributed by atoms with Crippen LogP contribution in [0, 0.1) is 0 Å². The Bertz CT molecular complexity index is 1550. The number of aromatic nitrogens is 3. The van der Waals surface area contributed by atoms with E-state index in [0.29, 0.717) is 25.1 Å². The number of carbonyl (C=O) groups is 3. The molecule has 11 nitrogen and oxygen atoms in total. The first-order valence-corrected chi connectivity index (χ1v) is 15.0. The van der Waals surface area contributed by atoms with Gasteiger partial charge in [-0.05, 0) is 79.2 Å². The van der Waals surface area contributed by atoms with Crippen molar-refractivity contribution in [3.8, 4) is 17.0 Å². The van der Waals surface area contributed by atoms with Crippen molar-refractivity contribution in [3.05, 3.63) is 78.0 Å². The first kappa shape index (κ1) is 32.2. The fraction of sp³-hybridized carbons (Fsp3) is 0.364. The van der Waals surface area contributed by atoms with Crippen molar-refractivity contribution in [2.45, 2.75) is 46.1 Å². The normalized spacial score (nSPS) is 11.0. The standard InChI is InChI=1S/C33H40N6O5/c1-4-38(5-2)20-18-34-32(41)24-10-12-25(13-11-24)33(42)44-36-31(40)9-7-6-8-19-39-23-30(35-37-39)28-15-14-27-22-29(43-3)17-16-26(27)21-28/h10-17,21-23H,4-9,18-20H2,1-3H3,(H,34,41)(H,36,40). The molecule has 0 fully saturated rings. The van der Waals surface area contributed by atoms with Crippen molar-refractivity contribution in [2.24, 2.45) is 0 Å². The van der Waals surface area contributed by atoms with E-state index in [-0.39, 0.29) is 23.8 Å². The first-order valence-electron chi connectivity index (χ1n) is 15.0. The van der Waals surface area contributed by atoms with Gasteiger partial charge in [0.2, 0.25) is 0 Å². The van der Waals surface area contributed by atoms with Gasteiger partial charge in [-0.3, -0.25) is 14.3 Å². The minimum atomic E-state index is -0.694. The van der Waals surface area contributed by atoms with Crippen LogP contribution in [0.2, 0.25) is 0 Å². The summed E-state index contributed by atoms with van der Waals surface area (Å²) >= 11 is 0. The van der Waals surface area contributed by atoms with Crippen LogP contribution in [-0.2, 0) is 16.2 Å². The second-order valence-corrected chi connectivity index (χ2v) is 10.4. The van der Waals surface area contributed by atoms with E-state index >= 15 is 0 Å². The summed E-state index contributed by atoms with van der Waals surface area (Å²) in [4.78, 5) is 44.0. The van der Waals surface area contributed by atoms with Gasteiger partial charge in [0.15, 0.2) is 0 Å². The van der Waals surface area contributed by atoms with Crippen LogP contribution in [0.4, 0.5) is 0 Å². The Morgan fingerprint density at radius 3 is 2.36 bits per heavy atom. The summed E-state index contributed by atoms with van der Waals surface area (Å²) in [7, 11) is 1.65. The quantitative estimate of drug-likeness (QED) is 0.149. The molecule has 2 amide bonds. The van der Waals surface area contributed by atoms with Gasteiger partial charge in [0.05, 0.1) is 18.9 Å². The molecule has 11 heteroatoms. The number of hydrogen-bond acceptors (Lipinski definition) is 8. The molecule has 0 atom stereocenters. The summed E-state index contributed by atoms with van der Waals surface area (Å²) in [6.45, 7) is 8.00. The highest BCUT2D eigenvalue weighted by molar-refractivity contribution is 5.96. The van der Waals surface area contributed by atoms with Crippen molar-refractivity contribution < 1.29 is 24.0 Å². The van der Waals surface area contributed by atoms with Crippen LogP contribution in [0.3, 0.4) is 0 Å². The molecule has 44 heavy (non-hydrogen) atoms. The highest BCUT2D eigenvalue weighted by atomic mass is 16.7. The molecule has 4 rings (SSSR count). The molecule has 2 N–H and O–H groups in total. The maximum atomic E-state index is 12.3. The van der Waals surface area contributed by atoms with Crippen molar-refractivity contribution in [3.63, 3.8) is 0 Å². The van der Waals surface area contributed by atoms with Gasteiger partial charge in [-0.15, -0.1) is 5.10 Å². The SMILES string of the molecule is CCN(CC)CCNC(=O)c1ccc(C(=O)ONC(=O)CCCCCn2cc(-c3ccc4cc(OC)ccc4c3)nn2)cc1. The van der Waals surface area contributed by atoms with Crippen LogP contribution in [0.15, 0.2) is 66.9 Å². The van der Waals surface area contributed by atoms with E-state index < -0.39 is 5.97 Å². The van der Waals surface area contributed by atoms with Crippen LogP contribution < -0.4 is 15.5 Å². The van der Waals surface area contributed by atoms with E-state index in [2.05, 4.69) is 45.9 Å². The summed E-state index contributed by atoms with van der Waals surface area (Å²) in [6, 6.07) is 18.2. The molecule has 0 saturated heterocycles. The predicted octanol–water partition coefficient (Wildman–Crippen LogP) is 4.63. The molecule has 3 aromatic carbocycles. The summed E-state index contributed by atoms with van der Waals surface area (Å²) in [5.74, 6) is -0.457. The molecule has 0 saturated carbocycles. The predicted molar refractivity (Wildman–Crippen MR) is 168 cm³/mol. The van der Waals surface area contributed by atoms with Crippen molar-refractivity contribution in [2.75, 3.05) is 33.3 Å². The number of ether oxygens (including phenoxy) is 1. The van der Waals surface area contributed by atoms with Gasteiger partial charge in [0.25, 0.3) is 11.8 Å². The third kappa shape index (κ3) is 9.11. The molecule has 1 aromatic heterocycles.